The highest BCUT2D eigenvalue weighted by molar-refractivity contribution is 7.14. The van der Waals surface area contributed by atoms with Gasteiger partial charge in [0, 0.05) is 49.8 Å². The van der Waals surface area contributed by atoms with Gasteiger partial charge in [0.15, 0.2) is 18.1 Å². The zero-order chi connectivity index (χ0) is 70.3. The lowest BCUT2D eigenvalue weighted by atomic mass is 9.86. The van der Waals surface area contributed by atoms with Crippen molar-refractivity contribution in [3.05, 3.63) is 112 Å². The first-order valence-corrected chi connectivity index (χ1v) is 34.6. The van der Waals surface area contributed by atoms with Gasteiger partial charge in [0.25, 0.3) is 29.5 Å². The number of carbonyl (C=O) groups is 8. The number of allylic oxidation sites excluding steroid dienone is 1. The number of rotatable bonds is 8. The number of fused-ring (bicyclic) bond motifs is 16. The van der Waals surface area contributed by atoms with Crippen molar-refractivity contribution < 1.29 is 92.0 Å². The van der Waals surface area contributed by atoms with Crippen molar-refractivity contribution in [3.8, 4) is 38.4 Å². The Morgan fingerprint density at radius 3 is 2.28 bits per heavy atom. The maximum atomic E-state index is 15.2. The first-order valence-electron chi connectivity index (χ1n) is 30.2. The summed E-state index contributed by atoms with van der Waals surface area (Å²) in [5.41, 5.74) is 0.480. The molecule has 11 N–H and O–H groups in total. The number of nitrogens with two attached hydrogens (primary N) is 1. The van der Waals surface area contributed by atoms with E-state index in [4.69, 9.17) is 53.8 Å². The minimum atomic E-state index is -2.48. The van der Waals surface area contributed by atoms with E-state index < -0.39 is 139 Å². The molecule has 38 heteroatoms. The smallest absolute Gasteiger partial charge is 0.358 e. The van der Waals surface area contributed by atoms with Gasteiger partial charge >= 0.3 is 11.9 Å². The molecule has 33 nitrogen and oxygen atoms in total. The SMILES string of the molecule is CO/C(C)=C1/NC(=O)C(C(C)O)NC(=O)c2csc(n2)-c2cc(O)c(-c3nc(C(=O)NC(C)(O)C(N)=O)cs3)nc2-c2csc(n2)C2COC(=O)c3c4c5c(cccc5n3O)COC(=O)C(OC3CC5(C)OCN(C)C5C(C)O3)C(OC4)C(NC(=O)c3csc1n3)c1nc(cs1)C(=O)N2. The molecule has 12 bridgehead atoms. The second kappa shape index (κ2) is 26.7. The number of carbonyl (C=O) groups excluding carboxylic acids is 8. The van der Waals surface area contributed by atoms with Gasteiger partial charge < -0.3 is 86.0 Å². The number of benzene rings is 1. The number of methoxy groups -OCH3 is 1. The molecule has 2 saturated heterocycles. The maximum Gasteiger partial charge on any atom is 0.358 e. The fourth-order valence-electron chi connectivity index (χ4n) is 12.1. The Morgan fingerprint density at radius 1 is 0.859 bits per heavy atom. The molecule has 12 heterocycles. The van der Waals surface area contributed by atoms with Gasteiger partial charge in [-0.2, -0.15) is 4.73 Å². The van der Waals surface area contributed by atoms with Crippen LogP contribution in [-0.2, 0) is 60.8 Å². The number of aliphatic hydroxyl groups excluding tert-OH is 1. The molecular formula is C61H60N14O19S5. The zero-order valence-electron chi connectivity index (χ0n) is 53.0. The number of likely N-dealkylation sites (N-methyl/N-ethyl adjacent to an activating group) is 1. The molecule has 99 heavy (non-hydrogen) atoms. The monoisotopic (exact) mass is 1450 g/mol. The van der Waals surface area contributed by atoms with Crippen molar-refractivity contribution in [3.63, 3.8) is 0 Å². The van der Waals surface area contributed by atoms with E-state index in [0.29, 0.717) is 10.3 Å². The number of thiazole rings is 5. The largest absolute Gasteiger partial charge is 0.506 e. The summed E-state index contributed by atoms with van der Waals surface area (Å²) in [5, 5.41) is 65.7. The van der Waals surface area contributed by atoms with Crippen LogP contribution in [-0.4, -0.2) is 189 Å². The summed E-state index contributed by atoms with van der Waals surface area (Å²) in [6.45, 7) is 5.94. The number of esters is 2. The average molecular weight is 1450 g/mol. The lowest BCUT2D eigenvalue weighted by Gasteiger charge is -2.45. The normalized spacial score (nSPS) is 25.3. The number of amides is 6. The lowest BCUT2D eigenvalue weighted by Crippen LogP contribution is -2.58. The van der Waals surface area contributed by atoms with Crippen molar-refractivity contribution in [2.45, 2.75) is 120 Å². The van der Waals surface area contributed by atoms with Gasteiger partial charge in [-0.1, -0.05) is 12.1 Å². The number of hydrogen-bond acceptors (Lipinski definition) is 31. The molecule has 0 aliphatic carbocycles. The van der Waals surface area contributed by atoms with E-state index in [-0.39, 0.29) is 118 Å². The summed E-state index contributed by atoms with van der Waals surface area (Å²) >= 11 is 4.43. The molecule has 0 spiro atoms. The molecule has 6 amide bonds. The van der Waals surface area contributed by atoms with Crippen LogP contribution >= 0.6 is 56.7 Å². The van der Waals surface area contributed by atoms with Crippen LogP contribution in [0.3, 0.4) is 0 Å². The number of hydrogen-bond donors (Lipinski definition) is 10. The molecule has 7 aromatic heterocycles. The van der Waals surface area contributed by atoms with Gasteiger partial charge in [-0.3, -0.25) is 33.7 Å². The van der Waals surface area contributed by atoms with E-state index in [1.165, 1.54) is 60.0 Å². The molecule has 5 aliphatic rings. The number of ether oxygens (including phenoxy) is 7. The predicted molar refractivity (Wildman–Crippen MR) is 349 cm³/mol. The Morgan fingerprint density at radius 2 is 1.54 bits per heavy atom. The van der Waals surface area contributed by atoms with Crippen molar-refractivity contribution >= 4 is 121 Å². The van der Waals surface area contributed by atoms with E-state index in [2.05, 4.69) is 41.5 Å². The number of pyridine rings is 1. The third-order valence-corrected chi connectivity index (χ3v) is 21.6. The Hall–Kier alpha value is -9.32. The number of aromatic hydroxyl groups is 1. The molecular weight excluding hydrogens is 1390 g/mol. The van der Waals surface area contributed by atoms with Gasteiger partial charge in [0.2, 0.25) is 11.6 Å². The van der Waals surface area contributed by atoms with Crippen molar-refractivity contribution in [1.82, 2.24) is 66.1 Å². The van der Waals surface area contributed by atoms with E-state index in [1.54, 1.807) is 12.1 Å². The van der Waals surface area contributed by atoms with Crippen LogP contribution in [0.1, 0.15) is 132 Å². The third-order valence-electron chi connectivity index (χ3n) is 17.1. The van der Waals surface area contributed by atoms with Gasteiger partial charge in [-0.05, 0) is 59.4 Å². The first-order chi connectivity index (χ1) is 47.2. The molecule has 5 aliphatic heterocycles. The minimum absolute atomic E-state index is 0.00907. The number of nitrogens with zero attached hydrogens (tertiary/aromatic N) is 8. The van der Waals surface area contributed by atoms with Gasteiger partial charge in [0.1, 0.15) is 120 Å². The zero-order valence-corrected chi connectivity index (χ0v) is 57.1. The fraction of sp³-hybridized carbons (Fsp3) is 0.377. The molecule has 1 aromatic carbocycles. The van der Waals surface area contributed by atoms with E-state index in [0.717, 1.165) is 63.6 Å². The summed E-state index contributed by atoms with van der Waals surface area (Å²) in [6.07, 6.45) is -6.80. The maximum absolute atomic E-state index is 15.2. The van der Waals surface area contributed by atoms with Gasteiger partial charge in [-0.25, -0.2) is 39.5 Å². The number of cyclic esters (lactones) is 2. The van der Waals surface area contributed by atoms with Crippen LogP contribution in [0.4, 0.5) is 0 Å². The Kier molecular flexibility index (Phi) is 18.4. The second-order valence-corrected chi connectivity index (χ2v) is 28.3. The third kappa shape index (κ3) is 13.0. The number of aromatic nitrogens is 7. The van der Waals surface area contributed by atoms with Gasteiger partial charge in [-0.15, -0.1) is 56.7 Å². The minimum Gasteiger partial charge on any atom is -0.506 e. The van der Waals surface area contributed by atoms with Crippen LogP contribution in [0.25, 0.3) is 49.3 Å². The molecule has 2 fully saturated rings. The Labute approximate surface area is 579 Å². The van der Waals surface area contributed by atoms with Crippen LogP contribution in [0.2, 0.25) is 0 Å². The standard InChI is InChI=1S/C61H60N14O19S5/c1-22(76)38-51(82)71-39(23(2)88-7)54-66-32(19-97-54)49(80)72-42-44-45(94-36-12-60(4)46(24(3)93-36)74(6)21-92-60)58(84)90-13-25-9-8-10-34-37(25)27(14-89-44)43(75(34)87)57(83)91-15-28(63-47(78)30-18-99-56(42)67-30)53-64-29(16-96-53)40-26(52-65-31(17-95-52)48(79)70-38)11-35(77)41(69-40)55-68-33(20-98-55)50(81)73-61(5,86)59(62)85/h8-11,16-20,22,24,28,36,38,42,44-46,76-77,86-87H,12-15,21H2,1-7H3,(H2,62,85)(H,63,78)(H,70,79)(H,71,82)(H,72,80)(H,73,81)/b39-23+. The summed E-state index contributed by atoms with van der Waals surface area (Å²) in [6, 6.07) is 1.02. The summed E-state index contributed by atoms with van der Waals surface area (Å²) in [7, 11) is 3.19. The van der Waals surface area contributed by atoms with Crippen molar-refractivity contribution in [1.29, 1.82) is 0 Å². The molecule has 0 radical (unpaired) electrons. The second-order valence-electron chi connectivity index (χ2n) is 23.9. The van der Waals surface area contributed by atoms with Gasteiger partial charge in [0.05, 0.1) is 49.8 Å². The highest BCUT2D eigenvalue weighted by Gasteiger charge is 2.54. The average Bonchev–Trinajstić information content (AvgIpc) is 1.64. The first kappa shape index (κ1) is 68.2. The van der Waals surface area contributed by atoms with Crippen LogP contribution in [0.5, 0.6) is 5.75 Å². The molecule has 11 atom stereocenters. The number of primary amides is 1. The quantitative estimate of drug-likeness (QED) is 0.0451. The summed E-state index contributed by atoms with van der Waals surface area (Å²) in [4.78, 5) is 144. The van der Waals surface area contributed by atoms with Crippen LogP contribution in [0.15, 0.2) is 56.9 Å². The van der Waals surface area contributed by atoms with E-state index in [1.807, 2.05) is 25.8 Å². The molecule has 0 saturated carbocycles. The van der Waals surface area contributed by atoms with Crippen molar-refractivity contribution in [2.75, 3.05) is 27.5 Å². The molecule has 518 valence electrons. The lowest BCUT2D eigenvalue weighted by molar-refractivity contribution is -0.268. The fourth-order valence-corrected chi connectivity index (χ4v) is 16.3. The van der Waals surface area contributed by atoms with Crippen molar-refractivity contribution in [2.24, 2.45) is 5.73 Å². The highest BCUT2D eigenvalue weighted by atomic mass is 32.1. The topological polar surface area (TPSA) is 454 Å². The molecule has 8 aromatic rings. The van der Waals surface area contributed by atoms with E-state index >= 15 is 14.4 Å². The van der Waals surface area contributed by atoms with Crippen LogP contribution in [0, 0.1) is 0 Å². The predicted octanol–water partition coefficient (Wildman–Crippen LogP) is 3.45. The molecule has 13 rings (SSSR count). The molecule has 11 unspecified atom stereocenters. The summed E-state index contributed by atoms with van der Waals surface area (Å²) in [5.74, 6) is -8.63. The Bertz CT molecular complexity index is 4650. The number of aliphatic hydroxyl groups is 2. The van der Waals surface area contributed by atoms with E-state index in [9.17, 15) is 44.5 Å². The highest BCUT2D eigenvalue weighted by Crippen LogP contribution is 2.44. The summed E-state index contributed by atoms with van der Waals surface area (Å²) < 4.78 is 44.9. The number of nitrogens with one attached hydrogen (secondary N) is 5. The Balaban J connectivity index is 0.982. The van der Waals surface area contributed by atoms with Crippen LogP contribution < -0.4 is 32.3 Å².